The predicted molar refractivity (Wildman–Crippen MR) is 62.1 cm³/mol. The number of alkyl halides is 1. The van der Waals surface area contributed by atoms with Crippen molar-refractivity contribution in [1.29, 1.82) is 0 Å². The van der Waals surface area contributed by atoms with E-state index in [-0.39, 0.29) is 11.2 Å². The molecule has 0 aliphatic carbocycles. The second-order valence-electron chi connectivity index (χ2n) is 3.77. The van der Waals surface area contributed by atoms with Crippen LogP contribution in [-0.2, 0) is 6.42 Å². The van der Waals surface area contributed by atoms with Crippen LogP contribution in [-0.4, -0.2) is 0 Å². The van der Waals surface area contributed by atoms with E-state index < -0.39 is 0 Å². The number of hydrogen-bond acceptors (Lipinski definition) is 1. The fourth-order valence-corrected chi connectivity index (χ4v) is 2.03. The average Bonchev–Trinajstić information content (AvgIpc) is 2.68. The van der Waals surface area contributed by atoms with Crippen molar-refractivity contribution in [3.63, 3.8) is 0 Å². The van der Waals surface area contributed by atoms with Gasteiger partial charge in [-0.05, 0) is 42.7 Å². The molecule has 84 valence electrons. The number of furan rings is 1. The van der Waals surface area contributed by atoms with E-state index in [1.165, 1.54) is 12.1 Å². The highest BCUT2D eigenvalue weighted by molar-refractivity contribution is 6.20. The van der Waals surface area contributed by atoms with Gasteiger partial charge in [0.1, 0.15) is 11.6 Å². The highest BCUT2D eigenvalue weighted by Crippen LogP contribution is 2.28. The minimum atomic E-state index is -0.232. The summed E-state index contributed by atoms with van der Waals surface area (Å²) < 4.78 is 18.0. The molecule has 0 saturated heterocycles. The van der Waals surface area contributed by atoms with Crippen LogP contribution in [0.1, 0.15) is 22.3 Å². The fourth-order valence-electron chi connectivity index (χ4n) is 1.63. The molecule has 0 fully saturated rings. The Morgan fingerprint density at radius 1 is 1.25 bits per heavy atom. The number of benzene rings is 1. The lowest BCUT2D eigenvalue weighted by molar-refractivity contribution is 0.499. The summed E-state index contributed by atoms with van der Waals surface area (Å²) in [7, 11) is 0. The van der Waals surface area contributed by atoms with Gasteiger partial charge in [-0.1, -0.05) is 12.1 Å². The summed E-state index contributed by atoms with van der Waals surface area (Å²) in [6.45, 7) is 1.96. The van der Waals surface area contributed by atoms with Gasteiger partial charge in [0.15, 0.2) is 0 Å². The van der Waals surface area contributed by atoms with Gasteiger partial charge in [0.05, 0.1) is 11.6 Å². The molecule has 1 aromatic carbocycles. The highest BCUT2D eigenvalue weighted by Gasteiger charge is 2.14. The van der Waals surface area contributed by atoms with Gasteiger partial charge in [-0.3, -0.25) is 0 Å². The Kier molecular flexibility index (Phi) is 3.30. The highest BCUT2D eigenvalue weighted by atomic mass is 35.5. The third kappa shape index (κ3) is 2.45. The molecule has 16 heavy (non-hydrogen) atoms. The molecule has 0 aliphatic rings. The lowest BCUT2D eigenvalue weighted by atomic mass is 10.1. The third-order valence-electron chi connectivity index (χ3n) is 2.51. The Morgan fingerprint density at radius 2 is 1.94 bits per heavy atom. The average molecular weight is 239 g/mol. The molecule has 1 unspecified atom stereocenters. The van der Waals surface area contributed by atoms with E-state index in [9.17, 15) is 4.39 Å². The first kappa shape index (κ1) is 11.2. The van der Waals surface area contributed by atoms with Gasteiger partial charge in [-0.15, -0.1) is 11.6 Å². The van der Waals surface area contributed by atoms with E-state index in [0.717, 1.165) is 16.9 Å². The van der Waals surface area contributed by atoms with Crippen LogP contribution in [0.2, 0.25) is 0 Å². The third-order valence-corrected chi connectivity index (χ3v) is 2.87. The zero-order valence-electron chi connectivity index (χ0n) is 8.91. The molecule has 0 spiro atoms. The number of aryl methyl sites for hydroxylation is 1. The SMILES string of the molecule is Cc1ccoc1C(Cl)Cc1ccc(F)cc1. The van der Waals surface area contributed by atoms with E-state index >= 15 is 0 Å². The van der Waals surface area contributed by atoms with Gasteiger partial charge in [0.2, 0.25) is 0 Å². The summed E-state index contributed by atoms with van der Waals surface area (Å²) >= 11 is 6.24. The zero-order chi connectivity index (χ0) is 11.5. The Bertz CT molecular complexity index is 461. The molecule has 1 aromatic heterocycles. The molecule has 1 nitrogen and oxygen atoms in total. The molecule has 3 heteroatoms. The van der Waals surface area contributed by atoms with E-state index in [2.05, 4.69) is 0 Å². The zero-order valence-corrected chi connectivity index (χ0v) is 9.67. The van der Waals surface area contributed by atoms with Crippen molar-refractivity contribution in [2.24, 2.45) is 0 Å². The minimum Gasteiger partial charge on any atom is -0.467 e. The first-order valence-electron chi connectivity index (χ1n) is 5.09. The van der Waals surface area contributed by atoms with Crippen LogP contribution in [0.15, 0.2) is 41.0 Å². The van der Waals surface area contributed by atoms with Gasteiger partial charge in [-0.25, -0.2) is 4.39 Å². The smallest absolute Gasteiger partial charge is 0.124 e. The van der Waals surface area contributed by atoms with Gasteiger partial charge >= 0.3 is 0 Å². The molecule has 1 heterocycles. The van der Waals surface area contributed by atoms with Crippen molar-refractivity contribution >= 4 is 11.6 Å². The molecule has 0 amide bonds. The molecule has 2 rings (SSSR count). The summed E-state index contributed by atoms with van der Waals surface area (Å²) in [5, 5.41) is -0.208. The molecular formula is C13H12ClFO. The lowest BCUT2D eigenvalue weighted by Crippen LogP contribution is -1.96. The van der Waals surface area contributed by atoms with E-state index in [1.807, 2.05) is 13.0 Å². The maximum atomic E-state index is 12.7. The first-order valence-corrected chi connectivity index (χ1v) is 5.53. The monoisotopic (exact) mass is 238 g/mol. The molecule has 0 aliphatic heterocycles. The van der Waals surface area contributed by atoms with Crippen LogP contribution in [0.4, 0.5) is 4.39 Å². The quantitative estimate of drug-likeness (QED) is 0.729. The Morgan fingerprint density at radius 3 is 2.50 bits per heavy atom. The molecule has 2 aromatic rings. The fraction of sp³-hybridized carbons (Fsp3) is 0.231. The van der Waals surface area contributed by atoms with E-state index in [1.54, 1.807) is 18.4 Å². The number of hydrogen-bond donors (Lipinski definition) is 0. The predicted octanol–water partition coefficient (Wildman–Crippen LogP) is 4.25. The Hall–Kier alpha value is -1.28. The maximum Gasteiger partial charge on any atom is 0.124 e. The molecule has 0 bridgehead atoms. The maximum absolute atomic E-state index is 12.7. The van der Waals surface area contributed by atoms with Gasteiger partial charge in [0, 0.05) is 0 Å². The second-order valence-corrected chi connectivity index (χ2v) is 4.29. The molecule has 0 radical (unpaired) electrons. The van der Waals surface area contributed by atoms with Crippen LogP contribution < -0.4 is 0 Å². The second kappa shape index (κ2) is 4.71. The largest absolute Gasteiger partial charge is 0.467 e. The Balaban J connectivity index is 2.10. The lowest BCUT2D eigenvalue weighted by Gasteiger charge is -2.07. The standard InChI is InChI=1S/C13H12ClFO/c1-9-6-7-16-13(9)12(14)8-10-2-4-11(15)5-3-10/h2-7,12H,8H2,1H3. The summed E-state index contributed by atoms with van der Waals surface area (Å²) in [6.07, 6.45) is 2.26. The summed E-state index contributed by atoms with van der Waals surface area (Å²) in [5.74, 6) is 0.551. The van der Waals surface area contributed by atoms with Crippen LogP contribution in [0, 0.1) is 12.7 Å². The van der Waals surface area contributed by atoms with Crippen LogP contribution in [0.5, 0.6) is 0 Å². The van der Waals surface area contributed by atoms with Crippen molar-refractivity contribution in [1.82, 2.24) is 0 Å². The van der Waals surface area contributed by atoms with Crippen LogP contribution in [0.3, 0.4) is 0 Å². The normalized spacial score (nSPS) is 12.7. The number of halogens is 2. The molecule has 0 N–H and O–H groups in total. The van der Waals surface area contributed by atoms with E-state index in [4.69, 9.17) is 16.0 Å². The molecular weight excluding hydrogens is 227 g/mol. The molecule has 0 saturated carbocycles. The Labute approximate surface area is 98.8 Å². The van der Waals surface area contributed by atoms with E-state index in [0.29, 0.717) is 6.42 Å². The van der Waals surface area contributed by atoms with Crippen LogP contribution in [0.25, 0.3) is 0 Å². The van der Waals surface area contributed by atoms with Crippen molar-refractivity contribution in [3.05, 3.63) is 59.3 Å². The summed E-state index contributed by atoms with van der Waals surface area (Å²) in [4.78, 5) is 0. The van der Waals surface area contributed by atoms with Crippen molar-refractivity contribution < 1.29 is 8.81 Å². The summed E-state index contributed by atoms with van der Waals surface area (Å²) in [5.41, 5.74) is 2.04. The van der Waals surface area contributed by atoms with Crippen molar-refractivity contribution in [2.75, 3.05) is 0 Å². The topological polar surface area (TPSA) is 13.1 Å². The van der Waals surface area contributed by atoms with Crippen LogP contribution >= 0.6 is 11.6 Å². The van der Waals surface area contributed by atoms with Crippen molar-refractivity contribution in [2.45, 2.75) is 18.7 Å². The van der Waals surface area contributed by atoms with Gasteiger partial charge in [0.25, 0.3) is 0 Å². The van der Waals surface area contributed by atoms with Gasteiger partial charge in [-0.2, -0.15) is 0 Å². The van der Waals surface area contributed by atoms with Crippen molar-refractivity contribution in [3.8, 4) is 0 Å². The summed E-state index contributed by atoms with van der Waals surface area (Å²) in [6, 6.07) is 8.24. The first-order chi connectivity index (χ1) is 7.66. The molecule has 1 atom stereocenters. The number of rotatable bonds is 3. The minimum absolute atomic E-state index is 0.208. The van der Waals surface area contributed by atoms with Gasteiger partial charge < -0.3 is 4.42 Å².